The van der Waals surface area contributed by atoms with Crippen molar-refractivity contribution in [1.82, 2.24) is 0 Å². The van der Waals surface area contributed by atoms with E-state index in [1.165, 1.54) is 0 Å². The van der Waals surface area contributed by atoms with Crippen LogP contribution in [0.25, 0.3) is 0 Å². The number of ketones is 1. The number of Topliss-reactive ketones (excluding diaryl/α,β-unsaturated/α-hetero) is 1. The Morgan fingerprint density at radius 3 is 2.15 bits per heavy atom. The number of rotatable bonds is 4. The molecule has 0 fully saturated rings. The molecule has 0 aromatic carbocycles. The number of alkyl halides is 1. The smallest absolute Gasteiger partial charge is 0.319 e. The second kappa shape index (κ2) is 4.74. The normalized spacial score (nSPS) is 11.5. The van der Waals surface area contributed by atoms with Crippen LogP contribution in [0.3, 0.4) is 0 Å². The van der Waals surface area contributed by atoms with Gasteiger partial charge in [-0.3, -0.25) is 9.59 Å². The summed E-state index contributed by atoms with van der Waals surface area (Å²) in [4.78, 5) is 22.7. The van der Waals surface area contributed by atoms with Crippen molar-refractivity contribution in [2.75, 3.05) is 5.33 Å². The molecule has 0 aliphatic carbocycles. The van der Waals surface area contributed by atoms with Crippen molar-refractivity contribution in [1.29, 1.82) is 0 Å². The molecule has 0 aromatic heterocycles. The van der Waals surface area contributed by atoms with E-state index >= 15 is 0 Å². The zero-order valence-electron chi connectivity index (χ0n) is 8.39. The summed E-state index contributed by atoms with van der Waals surface area (Å²) in [7, 11) is 0. The van der Waals surface area contributed by atoms with E-state index in [4.69, 9.17) is 4.74 Å². The highest BCUT2D eigenvalue weighted by Crippen LogP contribution is 2.20. The number of ether oxygens (including phenoxy) is 1. The molecule has 3 nitrogen and oxygen atoms in total. The van der Waals surface area contributed by atoms with Crippen molar-refractivity contribution >= 4 is 27.7 Å². The van der Waals surface area contributed by atoms with Gasteiger partial charge in [0.05, 0.1) is 11.4 Å². The zero-order valence-corrected chi connectivity index (χ0v) is 9.97. The first-order chi connectivity index (χ1) is 5.82. The van der Waals surface area contributed by atoms with E-state index in [9.17, 15) is 9.59 Å². The molecule has 0 N–H and O–H groups in total. The predicted octanol–water partition coefficient (Wildman–Crippen LogP) is 1.93. The number of carbonyl (C=O) groups excluding carboxylic acids is 2. The second-order valence-electron chi connectivity index (χ2n) is 3.64. The van der Waals surface area contributed by atoms with Gasteiger partial charge in [-0.2, -0.15) is 0 Å². The van der Waals surface area contributed by atoms with Crippen LogP contribution in [0.1, 0.15) is 27.7 Å². The minimum atomic E-state index is -1.05. The van der Waals surface area contributed by atoms with Gasteiger partial charge in [0.15, 0.2) is 5.78 Å². The molecule has 0 aromatic rings. The average molecular weight is 251 g/mol. The fraction of sp³-hybridized carbons (Fsp3) is 0.778. The van der Waals surface area contributed by atoms with Crippen LogP contribution in [0.4, 0.5) is 0 Å². The molecule has 0 heterocycles. The van der Waals surface area contributed by atoms with Crippen LogP contribution in [0, 0.1) is 5.41 Å². The third kappa shape index (κ3) is 3.46. The Hall–Kier alpha value is -0.380. The van der Waals surface area contributed by atoms with Gasteiger partial charge in [-0.25, -0.2) is 0 Å². The fourth-order valence-corrected chi connectivity index (χ4v) is 1.34. The molecule has 0 spiro atoms. The molecule has 0 saturated carbocycles. The fourth-order valence-electron chi connectivity index (χ4n) is 0.642. The number of hydrogen-bond donors (Lipinski definition) is 0. The number of hydrogen-bond acceptors (Lipinski definition) is 3. The molecule has 0 amide bonds. The maximum atomic E-state index is 11.4. The Balaban J connectivity index is 4.45. The zero-order chi connectivity index (χ0) is 10.6. The summed E-state index contributed by atoms with van der Waals surface area (Å²) in [6.07, 6.45) is -0.185. The molecule has 0 aliphatic heterocycles. The van der Waals surface area contributed by atoms with Gasteiger partial charge in [0.25, 0.3) is 0 Å². The molecular formula is C9H15BrO3. The second-order valence-corrected chi connectivity index (χ2v) is 4.20. The van der Waals surface area contributed by atoms with E-state index in [2.05, 4.69) is 15.9 Å². The van der Waals surface area contributed by atoms with E-state index in [0.717, 1.165) is 0 Å². The Kier molecular flexibility index (Phi) is 4.61. The molecular weight excluding hydrogens is 236 g/mol. The van der Waals surface area contributed by atoms with Crippen molar-refractivity contribution in [3.05, 3.63) is 0 Å². The van der Waals surface area contributed by atoms with Crippen LogP contribution in [0.2, 0.25) is 0 Å². The molecule has 0 radical (unpaired) electrons. The lowest BCUT2D eigenvalue weighted by Crippen LogP contribution is -2.37. The van der Waals surface area contributed by atoms with Crippen LogP contribution in [-0.2, 0) is 14.3 Å². The van der Waals surface area contributed by atoms with Crippen LogP contribution in [-0.4, -0.2) is 23.2 Å². The van der Waals surface area contributed by atoms with Crippen LogP contribution >= 0.6 is 15.9 Å². The first kappa shape index (κ1) is 12.6. The lowest BCUT2D eigenvalue weighted by Gasteiger charge is -2.21. The van der Waals surface area contributed by atoms with Crippen molar-refractivity contribution in [3.8, 4) is 0 Å². The Labute approximate surface area is 87.0 Å². The molecule has 0 saturated heterocycles. The topological polar surface area (TPSA) is 43.4 Å². The summed E-state index contributed by atoms with van der Waals surface area (Å²) in [6, 6.07) is 0. The van der Waals surface area contributed by atoms with Crippen LogP contribution < -0.4 is 0 Å². The number of carbonyl (C=O) groups is 2. The van der Waals surface area contributed by atoms with E-state index in [-0.39, 0.29) is 17.2 Å². The largest absolute Gasteiger partial charge is 0.462 e. The Bertz CT molecular complexity index is 209. The summed E-state index contributed by atoms with van der Waals surface area (Å²) in [5.74, 6) is -0.634. The van der Waals surface area contributed by atoms with Crippen molar-refractivity contribution in [3.63, 3.8) is 0 Å². The van der Waals surface area contributed by atoms with Crippen molar-refractivity contribution in [2.24, 2.45) is 5.41 Å². The van der Waals surface area contributed by atoms with Gasteiger partial charge >= 0.3 is 5.97 Å². The maximum absolute atomic E-state index is 11.4. The van der Waals surface area contributed by atoms with E-state index in [0.29, 0.717) is 0 Å². The third-order valence-electron chi connectivity index (χ3n) is 1.67. The lowest BCUT2D eigenvalue weighted by atomic mass is 9.89. The minimum absolute atomic E-state index is 0.168. The monoisotopic (exact) mass is 250 g/mol. The van der Waals surface area contributed by atoms with Gasteiger partial charge in [0.1, 0.15) is 5.41 Å². The first-order valence-electron chi connectivity index (χ1n) is 4.12. The Morgan fingerprint density at radius 2 is 1.85 bits per heavy atom. The molecule has 0 bridgehead atoms. The third-order valence-corrected chi connectivity index (χ3v) is 2.18. The van der Waals surface area contributed by atoms with Gasteiger partial charge in [-0.05, 0) is 27.7 Å². The summed E-state index contributed by atoms with van der Waals surface area (Å²) in [6.45, 7) is 6.65. The first-order valence-corrected chi connectivity index (χ1v) is 5.25. The van der Waals surface area contributed by atoms with Crippen molar-refractivity contribution in [2.45, 2.75) is 33.8 Å². The van der Waals surface area contributed by atoms with Crippen molar-refractivity contribution < 1.29 is 14.3 Å². The van der Waals surface area contributed by atoms with Gasteiger partial charge in [-0.15, -0.1) is 0 Å². The van der Waals surface area contributed by atoms with Gasteiger partial charge in [-0.1, -0.05) is 15.9 Å². The summed E-state index contributed by atoms with van der Waals surface area (Å²) >= 11 is 3.03. The van der Waals surface area contributed by atoms with E-state index in [1.807, 2.05) is 0 Å². The van der Waals surface area contributed by atoms with E-state index < -0.39 is 11.4 Å². The van der Waals surface area contributed by atoms with Crippen LogP contribution in [0.15, 0.2) is 0 Å². The maximum Gasteiger partial charge on any atom is 0.319 e. The van der Waals surface area contributed by atoms with E-state index in [1.54, 1.807) is 27.7 Å². The minimum Gasteiger partial charge on any atom is -0.462 e. The number of esters is 1. The standard InChI is InChI=1S/C9H15BrO3/c1-6(2)13-8(12)9(3,4)7(11)5-10/h6H,5H2,1-4H3. The average Bonchev–Trinajstić information content (AvgIpc) is 2.01. The molecule has 4 heteroatoms. The van der Waals surface area contributed by atoms with Gasteiger partial charge < -0.3 is 4.74 Å². The molecule has 13 heavy (non-hydrogen) atoms. The molecule has 0 unspecified atom stereocenters. The quantitative estimate of drug-likeness (QED) is 0.435. The van der Waals surface area contributed by atoms with Gasteiger partial charge in [0.2, 0.25) is 0 Å². The highest BCUT2D eigenvalue weighted by molar-refractivity contribution is 9.09. The van der Waals surface area contributed by atoms with Crippen LogP contribution in [0.5, 0.6) is 0 Å². The highest BCUT2D eigenvalue weighted by Gasteiger charge is 2.36. The Morgan fingerprint density at radius 1 is 1.38 bits per heavy atom. The molecule has 0 aliphatic rings. The van der Waals surface area contributed by atoms with Gasteiger partial charge in [0, 0.05) is 0 Å². The molecule has 76 valence electrons. The summed E-state index contributed by atoms with van der Waals surface area (Å²) in [5.41, 5.74) is -1.05. The lowest BCUT2D eigenvalue weighted by molar-refractivity contribution is -0.160. The predicted molar refractivity (Wildman–Crippen MR) is 53.8 cm³/mol. The summed E-state index contributed by atoms with van der Waals surface area (Å²) in [5, 5.41) is 0.174. The molecule has 0 atom stereocenters. The highest BCUT2D eigenvalue weighted by atomic mass is 79.9. The number of halogens is 1. The SMILES string of the molecule is CC(C)OC(=O)C(C)(C)C(=O)CBr. The summed E-state index contributed by atoms with van der Waals surface area (Å²) < 4.78 is 4.96. The molecule has 0 rings (SSSR count).